The average Bonchev–Trinajstić information content (AvgIpc) is 2.12. The van der Waals surface area contributed by atoms with Crippen molar-refractivity contribution in [2.45, 2.75) is 12.2 Å². The molecule has 0 bridgehead atoms. The van der Waals surface area contributed by atoms with Gasteiger partial charge >= 0.3 is 12.1 Å². The number of likely N-dealkylation sites (tertiary alicyclic amines) is 1. The zero-order chi connectivity index (χ0) is 12.5. The van der Waals surface area contributed by atoms with Crippen molar-refractivity contribution in [3.63, 3.8) is 0 Å². The Bertz CT molecular complexity index is 299. The predicted octanol–water partition coefficient (Wildman–Crippen LogP) is -0.823. The minimum atomic E-state index is -4.85. The van der Waals surface area contributed by atoms with E-state index in [1.807, 2.05) is 0 Å². The molecule has 0 aromatic heterocycles. The van der Waals surface area contributed by atoms with E-state index in [0.717, 1.165) is 0 Å². The van der Waals surface area contributed by atoms with Gasteiger partial charge in [0, 0.05) is 20.1 Å². The molecule has 1 saturated heterocycles. The molecule has 2 amide bonds. The summed E-state index contributed by atoms with van der Waals surface area (Å²) in [6.07, 6.45) is -4.85. The number of nitrogens with two attached hydrogens (primary N) is 1. The number of nitrogens with zero attached hydrogens (tertiary/aromatic N) is 2. The maximum Gasteiger partial charge on any atom is 0.471 e. The summed E-state index contributed by atoms with van der Waals surface area (Å²) < 4.78 is 35.9. The molecule has 1 heterocycles. The first-order chi connectivity index (χ1) is 7.27. The maximum absolute atomic E-state index is 12.0. The highest BCUT2D eigenvalue weighted by Gasteiger charge is 2.47. The van der Waals surface area contributed by atoms with E-state index < -0.39 is 12.1 Å². The van der Waals surface area contributed by atoms with Gasteiger partial charge in [0.2, 0.25) is 5.91 Å². The van der Waals surface area contributed by atoms with Crippen LogP contribution in [0, 0.1) is 0 Å². The number of likely N-dealkylation sites (N-methyl/N-ethyl adjacent to an activating group) is 1. The van der Waals surface area contributed by atoms with Gasteiger partial charge in [-0.15, -0.1) is 0 Å². The molecular weight excluding hydrogens is 227 g/mol. The van der Waals surface area contributed by atoms with Crippen molar-refractivity contribution in [1.29, 1.82) is 0 Å². The predicted molar refractivity (Wildman–Crippen MR) is 48.2 cm³/mol. The number of carbonyl (C=O) groups excluding carboxylic acids is 2. The number of rotatable bonds is 2. The summed E-state index contributed by atoms with van der Waals surface area (Å²) in [6.45, 7) is -0.388. The molecule has 5 nitrogen and oxygen atoms in total. The number of hydrogen-bond acceptors (Lipinski definition) is 3. The third-order valence-electron chi connectivity index (χ3n) is 2.51. The standard InChI is InChI=1S/C8H12F3N3O2/c1-13(6(15)2-12)5-3-14(4-5)7(16)8(9,10)11/h5H,2-4,12H2,1H3. The third kappa shape index (κ3) is 2.43. The van der Waals surface area contributed by atoms with Crippen LogP contribution in [0.1, 0.15) is 0 Å². The van der Waals surface area contributed by atoms with Gasteiger partial charge in [0.1, 0.15) is 0 Å². The minimum Gasteiger partial charge on any atom is -0.338 e. The number of amides is 2. The van der Waals surface area contributed by atoms with Gasteiger partial charge in [-0.05, 0) is 0 Å². The minimum absolute atomic E-state index is 0.0966. The first-order valence-corrected chi connectivity index (χ1v) is 4.59. The van der Waals surface area contributed by atoms with E-state index in [1.54, 1.807) is 0 Å². The molecular formula is C8H12F3N3O2. The van der Waals surface area contributed by atoms with Crippen molar-refractivity contribution >= 4 is 11.8 Å². The van der Waals surface area contributed by atoms with Crippen molar-refractivity contribution in [3.05, 3.63) is 0 Å². The fourth-order valence-corrected chi connectivity index (χ4v) is 1.39. The van der Waals surface area contributed by atoms with E-state index >= 15 is 0 Å². The van der Waals surface area contributed by atoms with Crippen LogP contribution < -0.4 is 5.73 Å². The number of carbonyl (C=O) groups is 2. The summed E-state index contributed by atoms with van der Waals surface area (Å²) in [5, 5.41) is 0. The van der Waals surface area contributed by atoms with E-state index in [1.165, 1.54) is 11.9 Å². The monoisotopic (exact) mass is 239 g/mol. The van der Waals surface area contributed by atoms with Crippen LogP contribution in [0.3, 0.4) is 0 Å². The lowest BCUT2D eigenvalue weighted by Gasteiger charge is -2.43. The molecule has 1 fully saturated rings. The van der Waals surface area contributed by atoms with Gasteiger partial charge in [0.25, 0.3) is 0 Å². The highest BCUT2D eigenvalue weighted by atomic mass is 19.4. The van der Waals surface area contributed by atoms with Crippen molar-refractivity contribution in [2.75, 3.05) is 26.7 Å². The molecule has 2 N–H and O–H groups in total. The summed E-state index contributed by atoms with van der Waals surface area (Å²) in [7, 11) is 1.45. The second kappa shape index (κ2) is 4.28. The second-order valence-electron chi connectivity index (χ2n) is 3.57. The Hall–Kier alpha value is -1.31. The van der Waals surface area contributed by atoms with E-state index in [-0.39, 0.29) is 31.6 Å². The van der Waals surface area contributed by atoms with E-state index in [4.69, 9.17) is 5.73 Å². The first-order valence-electron chi connectivity index (χ1n) is 4.59. The Balaban J connectivity index is 2.44. The lowest BCUT2D eigenvalue weighted by atomic mass is 10.1. The number of halogens is 3. The van der Waals surface area contributed by atoms with Crippen molar-refractivity contribution in [1.82, 2.24) is 9.80 Å². The molecule has 16 heavy (non-hydrogen) atoms. The van der Waals surface area contributed by atoms with E-state index in [9.17, 15) is 22.8 Å². The molecule has 92 valence electrons. The fourth-order valence-electron chi connectivity index (χ4n) is 1.39. The lowest BCUT2D eigenvalue weighted by molar-refractivity contribution is -0.192. The van der Waals surface area contributed by atoms with Gasteiger partial charge in [-0.25, -0.2) is 0 Å². The summed E-state index contributed by atoms with van der Waals surface area (Å²) >= 11 is 0. The average molecular weight is 239 g/mol. The summed E-state index contributed by atoms with van der Waals surface area (Å²) in [5.41, 5.74) is 5.10. The van der Waals surface area contributed by atoms with Gasteiger partial charge in [-0.3, -0.25) is 9.59 Å². The van der Waals surface area contributed by atoms with Crippen LogP contribution in [0.5, 0.6) is 0 Å². The molecule has 0 saturated carbocycles. The molecule has 1 aliphatic heterocycles. The van der Waals surface area contributed by atoms with E-state index in [2.05, 4.69) is 0 Å². The molecule has 1 aliphatic rings. The van der Waals surface area contributed by atoms with Gasteiger partial charge in [-0.1, -0.05) is 0 Å². The summed E-state index contributed by atoms with van der Waals surface area (Å²) in [6, 6.07) is -0.373. The van der Waals surface area contributed by atoms with Crippen LogP contribution in [-0.2, 0) is 9.59 Å². The van der Waals surface area contributed by atoms with Crippen molar-refractivity contribution in [3.8, 4) is 0 Å². The first kappa shape index (κ1) is 12.8. The van der Waals surface area contributed by atoms with Gasteiger partial charge < -0.3 is 15.5 Å². The molecule has 0 aromatic carbocycles. The fraction of sp³-hybridized carbons (Fsp3) is 0.750. The van der Waals surface area contributed by atoms with Crippen LogP contribution in [0.15, 0.2) is 0 Å². The largest absolute Gasteiger partial charge is 0.471 e. The Morgan fingerprint density at radius 1 is 1.44 bits per heavy atom. The molecule has 8 heteroatoms. The molecule has 0 spiro atoms. The van der Waals surface area contributed by atoms with Crippen LogP contribution in [0.25, 0.3) is 0 Å². The SMILES string of the molecule is CN(C(=O)CN)C1CN(C(=O)C(F)(F)F)C1. The van der Waals surface area contributed by atoms with Gasteiger partial charge in [0.15, 0.2) is 0 Å². The highest BCUT2D eigenvalue weighted by molar-refractivity contribution is 5.83. The molecule has 0 atom stereocenters. The summed E-state index contributed by atoms with van der Waals surface area (Å²) in [4.78, 5) is 23.7. The highest BCUT2D eigenvalue weighted by Crippen LogP contribution is 2.23. The zero-order valence-electron chi connectivity index (χ0n) is 8.62. The normalized spacial score (nSPS) is 16.9. The Kier molecular flexibility index (Phi) is 3.41. The molecule has 0 unspecified atom stereocenters. The maximum atomic E-state index is 12.0. The molecule has 0 aliphatic carbocycles. The summed E-state index contributed by atoms with van der Waals surface area (Å²) in [5.74, 6) is -2.22. The van der Waals surface area contributed by atoms with Crippen LogP contribution in [-0.4, -0.2) is 60.5 Å². The Labute approximate surface area is 90.0 Å². The number of alkyl halides is 3. The molecule has 1 rings (SSSR count). The molecule has 0 radical (unpaired) electrons. The Morgan fingerprint density at radius 3 is 2.31 bits per heavy atom. The smallest absolute Gasteiger partial charge is 0.338 e. The van der Waals surface area contributed by atoms with Crippen LogP contribution in [0.2, 0.25) is 0 Å². The second-order valence-corrected chi connectivity index (χ2v) is 3.57. The quantitative estimate of drug-likeness (QED) is 0.684. The van der Waals surface area contributed by atoms with Crippen LogP contribution >= 0.6 is 0 Å². The topological polar surface area (TPSA) is 66.6 Å². The number of hydrogen-bond donors (Lipinski definition) is 1. The van der Waals surface area contributed by atoms with Gasteiger partial charge in [0.05, 0.1) is 12.6 Å². The third-order valence-corrected chi connectivity index (χ3v) is 2.51. The molecule has 0 aromatic rings. The zero-order valence-corrected chi connectivity index (χ0v) is 8.62. The van der Waals surface area contributed by atoms with Crippen molar-refractivity contribution < 1.29 is 22.8 Å². The lowest BCUT2D eigenvalue weighted by Crippen LogP contribution is -2.63. The van der Waals surface area contributed by atoms with Crippen LogP contribution in [0.4, 0.5) is 13.2 Å². The van der Waals surface area contributed by atoms with Gasteiger partial charge in [-0.2, -0.15) is 13.2 Å². The van der Waals surface area contributed by atoms with Crippen molar-refractivity contribution in [2.24, 2.45) is 5.73 Å². The Morgan fingerprint density at radius 2 is 1.94 bits per heavy atom. The van der Waals surface area contributed by atoms with E-state index in [0.29, 0.717) is 4.90 Å².